The molecule has 1 aliphatic heterocycles. The molecule has 1 unspecified atom stereocenters. The minimum Gasteiger partial charge on any atom is -0.317 e. The van der Waals surface area contributed by atoms with Crippen molar-refractivity contribution in [1.82, 2.24) is 5.32 Å². The van der Waals surface area contributed by atoms with Crippen LogP contribution in [0.2, 0.25) is 0 Å². The van der Waals surface area contributed by atoms with E-state index in [4.69, 9.17) is 4.99 Å². The highest BCUT2D eigenvalue weighted by Crippen LogP contribution is 2.24. The van der Waals surface area contributed by atoms with Gasteiger partial charge in [0.1, 0.15) is 0 Å². The number of nitrogens with zero attached hydrogens (tertiary/aromatic N) is 1. The van der Waals surface area contributed by atoms with Crippen molar-refractivity contribution in [3.05, 3.63) is 35.9 Å². The van der Waals surface area contributed by atoms with Gasteiger partial charge in [-0.15, -0.1) is 0 Å². The third-order valence-corrected chi connectivity index (χ3v) is 3.75. The van der Waals surface area contributed by atoms with Crippen molar-refractivity contribution in [2.24, 2.45) is 16.8 Å². The highest BCUT2D eigenvalue weighted by molar-refractivity contribution is 5.79. The standard InChI is InChI=1S/C16H24N2/c1-13(2)16(15-8-10-17-11-9-15)18-12-14-6-4-3-5-7-14/h3-7,12-13,15-17H,8-11H2,1-2H3/b18-12+. The van der Waals surface area contributed by atoms with Crippen LogP contribution in [0, 0.1) is 11.8 Å². The number of hydrogen-bond donors (Lipinski definition) is 1. The number of nitrogens with one attached hydrogen (secondary N) is 1. The van der Waals surface area contributed by atoms with Crippen LogP contribution in [0.15, 0.2) is 35.3 Å². The van der Waals surface area contributed by atoms with Crippen LogP contribution in [0.5, 0.6) is 0 Å². The van der Waals surface area contributed by atoms with Gasteiger partial charge in [-0.2, -0.15) is 0 Å². The molecule has 1 heterocycles. The van der Waals surface area contributed by atoms with Crippen LogP contribution in [0.4, 0.5) is 0 Å². The Balaban J connectivity index is 2.04. The SMILES string of the molecule is CC(C)C(/N=C/c1ccccc1)C1CCNCC1. The van der Waals surface area contributed by atoms with Gasteiger partial charge in [0.05, 0.1) is 6.04 Å². The maximum absolute atomic E-state index is 4.86. The van der Waals surface area contributed by atoms with Gasteiger partial charge in [-0.1, -0.05) is 44.2 Å². The van der Waals surface area contributed by atoms with Crippen LogP contribution in [0.3, 0.4) is 0 Å². The molecular weight excluding hydrogens is 220 g/mol. The average Bonchev–Trinajstić information content (AvgIpc) is 2.41. The third kappa shape index (κ3) is 3.67. The molecule has 1 atom stereocenters. The van der Waals surface area contributed by atoms with Crippen molar-refractivity contribution in [3.63, 3.8) is 0 Å². The summed E-state index contributed by atoms with van der Waals surface area (Å²) in [7, 11) is 0. The Morgan fingerprint density at radius 2 is 1.83 bits per heavy atom. The molecule has 0 amide bonds. The van der Waals surface area contributed by atoms with E-state index in [-0.39, 0.29) is 0 Å². The molecule has 2 heteroatoms. The summed E-state index contributed by atoms with van der Waals surface area (Å²) in [5.41, 5.74) is 1.21. The summed E-state index contributed by atoms with van der Waals surface area (Å²) in [4.78, 5) is 4.86. The molecule has 0 aromatic heterocycles. The van der Waals surface area contributed by atoms with E-state index in [1.165, 1.54) is 18.4 Å². The Morgan fingerprint density at radius 3 is 2.44 bits per heavy atom. The Bertz CT molecular complexity index is 364. The van der Waals surface area contributed by atoms with Crippen molar-refractivity contribution in [3.8, 4) is 0 Å². The van der Waals surface area contributed by atoms with Gasteiger partial charge in [0, 0.05) is 6.21 Å². The second kappa shape index (κ2) is 6.69. The number of rotatable bonds is 4. The maximum Gasteiger partial charge on any atom is 0.0551 e. The van der Waals surface area contributed by atoms with E-state index in [1.54, 1.807) is 0 Å². The van der Waals surface area contributed by atoms with Crippen LogP contribution >= 0.6 is 0 Å². The quantitative estimate of drug-likeness (QED) is 0.809. The third-order valence-electron chi connectivity index (χ3n) is 3.75. The fourth-order valence-corrected chi connectivity index (χ4v) is 2.74. The van der Waals surface area contributed by atoms with Gasteiger partial charge in [0.2, 0.25) is 0 Å². The van der Waals surface area contributed by atoms with Gasteiger partial charge in [-0.25, -0.2) is 0 Å². The molecule has 1 aliphatic rings. The summed E-state index contributed by atoms with van der Waals surface area (Å²) in [5.74, 6) is 1.36. The van der Waals surface area contributed by atoms with Gasteiger partial charge in [-0.05, 0) is 43.3 Å². The summed E-state index contributed by atoms with van der Waals surface area (Å²) in [6, 6.07) is 10.9. The first kappa shape index (κ1) is 13.3. The first-order chi connectivity index (χ1) is 8.77. The van der Waals surface area contributed by atoms with Crippen molar-refractivity contribution in [1.29, 1.82) is 0 Å². The molecule has 1 saturated heterocycles. The Kier molecular flexibility index (Phi) is 4.94. The van der Waals surface area contributed by atoms with E-state index in [0.717, 1.165) is 19.0 Å². The maximum atomic E-state index is 4.86. The Labute approximate surface area is 111 Å². The molecule has 18 heavy (non-hydrogen) atoms. The molecule has 1 N–H and O–H groups in total. The molecule has 1 aromatic carbocycles. The van der Waals surface area contributed by atoms with Gasteiger partial charge < -0.3 is 5.32 Å². The van der Waals surface area contributed by atoms with Crippen molar-refractivity contribution < 1.29 is 0 Å². The van der Waals surface area contributed by atoms with E-state index >= 15 is 0 Å². The molecule has 2 rings (SSSR count). The summed E-state index contributed by atoms with van der Waals surface area (Å²) >= 11 is 0. The molecule has 1 fully saturated rings. The van der Waals surface area contributed by atoms with Crippen molar-refractivity contribution in [2.75, 3.05) is 13.1 Å². The minimum absolute atomic E-state index is 0.465. The van der Waals surface area contributed by atoms with Gasteiger partial charge in [0.15, 0.2) is 0 Å². The van der Waals surface area contributed by atoms with Crippen LogP contribution < -0.4 is 5.32 Å². The lowest BCUT2D eigenvalue weighted by Gasteiger charge is -2.30. The zero-order valence-electron chi connectivity index (χ0n) is 11.5. The lowest BCUT2D eigenvalue weighted by atomic mass is 9.84. The predicted molar refractivity (Wildman–Crippen MR) is 78.3 cm³/mol. The zero-order chi connectivity index (χ0) is 12.8. The smallest absolute Gasteiger partial charge is 0.0551 e. The monoisotopic (exact) mass is 244 g/mol. The number of piperidine rings is 1. The van der Waals surface area contributed by atoms with Crippen molar-refractivity contribution >= 4 is 6.21 Å². The topological polar surface area (TPSA) is 24.4 Å². The summed E-state index contributed by atoms with van der Waals surface area (Å²) < 4.78 is 0. The summed E-state index contributed by atoms with van der Waals surface area (Å²) in [6.07, 6.45) is 4.57. The van der Waals surface area contributed by atoms with Gasteiger partial charge in [-0.3, -0.25) is 4.99 Å². The predicted octanol–water partition coefficient (Wildman–Crippen LogP) is 3.13. The van der Waals surface area contributed by atoms with E-state index in [2.05, 4.69) is 43.4 Å². The molecular formula is C16H24N2. The van der Waals surface area contributed by atoms with Gasteiger partial charge >= 0.3 is 0 Å². The molecule has 0 radical (unpaired) electrons. The molecule has 0 bridgehead atoms. The summed E-state index contributed by atoms with van der Waals surface area (Å²) in [6.45, 7) is 6.87. The lowest BCUT2D eigenvalue weighted by molar-refractivity contribution is 0.275. The fraction of sp³-hybridized carbons (Fsp3) is 0.562. The van der Waals surface area contributed by atoms with Crippen LogP contribution in [-0.2, 0) is 0 Å². The van der Waals surface area contributed by atoms with E-state index in [9.17, 15) is 0 Å². The van der Waals surface area contributed by atoms with Crippen LogP contribution in [0.25, 0.3) is 0 Å². The normalized spacial score (nSPS) is 19.5. The molecule has 0 aliphatic carbocycles. The van der Waals surface area contributed by atoms with Crippen molar-refractivity contribution in [2.45, 2.75) is 32.7 Å². The largest absolute Gasteiger partial charge is 0.317 e. The Hall–Kier alpha value is -1.15. The second-order valence-corrected chi connectivity index (χ2v) is 5.51. The minimum atomic E-state index is 0.465. The van der Waals surface area contributed by atoms with E-state index < -0.39 is 0 Å². The molecule has 0 spiro atoms. The first-order valence-corrected chi connectivity index (χ1v) is 7.06. The molecule has 2 nitrogen and oxygen atoms in total. The molecule has 0 saturated carbocycles. The van der Waals surface area contributed by atoms with E-state index in [1.807, 2.05) is 12.3 Å². The van der Waals surface area contributed by atoms with Gasteiger partial charge in [0.25, 0.3) is 0 Å². The molecule has 1 aromatic rings. The highest BCUT2D eigenvalue weighted by atomic mass is 14.9. The number of hydrogen-bond acceptors (Lipinski definition) is 2. The zero-order valence-corrected chi connectivity index (χ0v) is 11.5. The first-order valence-electron chi connectivity index (χ1n) is 7.06. The highest BCUT2D eigenvalue weighted by Gasteiger charge is 2.24. The fourth-order valence-electron chi connectivity index (χ4n) is 2.74. The molecule has 98 valence electrons. The average molecular weight is 244 g/mol. The second-order valence-electron chi connectivity index (χ2n) is 5.51. The van der Waals surface area contributed by atoms with Crippen LogP contribution in [-0.4, -0.2) is 25.3 Å². The number of benzene rings is 1. The summed E-state index contributed by atoms with van der Waals surface area (Å²) in [5, 5.41) is 3.43. The lowest BCUT2D eigenvalue weighted by Crippen LogP contribution is -2.35. The Morgan fingerprint density at radius 1 is 1.17 bits per heavy atom. The van der Waals surface area contributed by atoms with Crippen LogP contribution in [0.1, 0.15) is 32.3 Å². The van der Waals surface area contributed by atoms with E-state index in [0.29, 0.717) is 12.0 Å². The number of aliphatic imine (C=N–C) groups is 1.